The molecule has 270 valence electrons. The fraction of sp³-hybridized carbons (Fsp3) is 0.455. The molecule has 49 heavy (non-hydrogen) atoms. The molecule has 14 nitrogen and oxygen atoms in total. The first kappa shape index (κ1) is 42.9. The van der Waals surface area contributed by atoms with Crippen LogP contribution in [0, 0.1) is 11.8 Å². The van der Waals surface area contributed by atoms with Crippen molar-refractivity contribution in [2.24, 2.45) is 11.8 Å². The van der Waals surface area contributed by atoms with Crippen molar-refractivity contribution < 1.29 is 59.6 Å². The second kappa shape index (κ2) is 24.1. The molecule has 0 bridgehead atoms. The molecule has 0 aliphatic carbocycles. The van der Waals surface area contributed by atoms with Crippen molar-refractivity contribution >= 4 is 59.2 Å². The number of amides is 2. The van der Waals surface area contributed by atoms with Gasteiger partial charge in [0.05, 0.1) is 34.0 Å². The molecule has 0 aromatic heterocycles. The summed E-state index contributed by atoms with van der Waals surface area (Å²) in [5.41, 5.74) is 4.81. The number of benzene rings is 2. The van der Waals surface area contributed by atoms with Gasteiger partial charge >= 0.3 is 23.9 Å². The molecule has 3 unspecified atom stereocenters. The molecule has 0 heterocycles. The molecule has 16 heteroatoms. The minimum absolute atomic E-state index is 0.120. The fourth-order valence-corrected chi connectivity index (χ4v) is 6.66. The fourth-order valence-electron chi connectivity index (χ4n) is 4.67. The van der Waals surface area contributed by atoms with Crippen molar-refractivity contribution in [3.05, 3.63) is 70.8 Å². The molecular weight excluding hydrogens is 680 g/mol. The third kappa shape index (κ3) is 17.7. The van der Waals surface area contributed by atoms with Crippen molar-refractivity contribution in [2.45, 2.75) is 63.5 Å². The van der Waals surface area contributed by atoms with Gasteiger partial charge in [-0.3, -0.25) is 29.6 Å². The Bertz CT molecular complexity index is 1390. The molecule has 0 spiro atoms. The van der Waals surface area contributed by atoms with E-state index in [0.29, 0.717) is 54.7 Å². The highest BCUT2D eigenvalue weighted by atomic mass is 32.2. The van der Waals surface area contributed by atoms with Gasteiger partial charge in [-0.05, 0) is 91.8 Å². The maximum atomic E-state index is 11.5. The molecule has 0 radical (unpaired) electrons. The van der Waals surface area contributed by atoms with Gasteiger partial charge in [0.25, 0.3) is 11.8 Å². The van der Waals surface area contributed by atoms with E-state index in [0.717, 1.165) is 6.42 Å². The quantitative estimate of drug-likeness (QED) is 0.0475. The van der Waals surface area contributed by atoms with E-state index in [1.54, 1.807) is 29.7 Å². The Morgan fingerprint density at radius 2 is 1.18 bits per heavy atom. The predicted molar refractivity (Wildman–Crippen MR) is 183 cm³/mol. The number of hydroxylamine groups is 2. The molecule has 2 rings (SSSR count). The van der Waals surface area contributed by atoms with Crippen LogP contribution in [0.15, 0.2) is 48.5 Å². The van der Waals surface area contributed by atoms with E-state index in [1.807, 2.05) is 6.92 Å². The highest BCUT2D eigenvalue weighted by molar-refractivity contribution is 8.00. The number of hydrogen-bond donors (Lipinski definition) is 8. The molecule has 2 aromatic rings. The van der Waals surface area contributed by atoms with Crippen molar-refractivity contribution in [1.29, 1.82) is 0 Å². The topological polar surface area (TPSA) is 248 Å². The lowest BCUT2D eigenvalue weighted by Crippen LogP contribution is -2.30. The van der Waals surface area contributed by atoms with Gasteiger partial charge in [-0.1, -0.05) is 37.6 Å². The highest BCUT2D eigenvalue weighted by Crippen LogP contribution is 2.22. The van der Waals surface area contributed by atoms with E-state index in [2.05, 4.69) is 0 Å². The molecule has 2 aromatic carbocycles. The number of carboxylic acid groups (broad SMARTS) is 4. The van der Waals surface area contributed by atoms with Crippen molar-refractivity contribution in [2.75, 3.05) is 17.3 Å². The summed E-state index contributed by atoms with van der Waals surface area (Å²) in [7, 11) is 0. The van der Waals surface area contributed by atoms with E-state index in [-0.39, 0.29) is 35.0 Å². The molecular formula is C33H44N2O12S2. The minimum atomic E-state index is -1.04. The maximum absolute atomic E-state index is 11.5. The van der Waals surface area contributed by atoms with Crippen LogP contribution in [0.5, 0.6) is 0 Å². The van der Waals surface area contributed by atoms with E-state index in [9.17, 15) is 39.0 Å². The third-order valence-electron chi connectivity index (χ3n) is 7.18. The monoisotopic (exact) mass is 724 g/mol. The Kier molecular flexibility index (Phi) is 21.1. The maximum Gasteiger partial charge on any atom is 0.335 e. The number of aliphatic carboxylic acids is 2. The first-order valence-corrected chi connectivity index (χ1v) is 17.7. The van der Waals surface area contributed by atoms with Gasteiger partial charge in [-0.2, -0.15) is 11.8 Å². The number of aromatic carboxylic acids is 2. The molecule has 0 saturated heterocycles. The summed E-state index contributed by atoms with van der Waals surface area (Å²) >= 11 is 2.71. The van der Waals surface area contributed by atoms with Crippen LogP contribution in [0.1, 0.15) is 77.3 Å². The first-order chi connectivity index (χ1) is 23.3. The Morgan fingerprint density at radius 3 is 1.59 bits per heavy atom. The molecule has 8 N–H and O–H groups in total. The average molecular weight is 725 g/mol. The average Bonchev–Trinajstić information content (AvgIpc) is 3.08. The van der Waals surface area contributed by atoms with E-state index < -0.39 is 47.5 Å². The predicted octanol–water partition coefficient (Wildman–Crippen LogP) is 4.46. The summed E-state index contributed by atoms with van der Waals surface area (Å²) in [6, 6.07) is 12.6. The normalized spacial score (nSPS) is 12.4. The Balaban J connectivity index is 0.000000494. The number of nitrogens with one attached hydrogen (secondary N) is 2. The summed E-state index contributed by atoms with van der Waals surface area (Å²) in [5.74, 6) is -4.75. The number of thioether (sulfide) groups is 2. The number of carbonyl (C=O) groups excluding carboxylic acids is 2. The van der Waals surface area contributed by atoms with Crippen LogP contribution in [0.2, 0.25) is 0 Å². The SMILES string of the molecule is CCCC(SCCCC(Cc1cccc(C(=O)O)c1)C(=O)O)C(=O)NO.O=C(CSCCCC(Cc1cccc(C(=O)O)c1)C(=O)O)NO. The van der Waals surface area contributed by atoms with E-state index in [1.165, 1.54) is 53.3 Å². The van der Waals surface area contributed by atoms with Gasteiger partial charge in [-0.25, -0.2) is 20.5 Å². The van der Waals surface area contributed by atoms with Gasteiger partial charge < -0.3 is 20.4 Å². The van der Waals surface area contributed by atoms with Gasteiger partial charge in [0.1, 0.15) is 0 Å². The summed E-state index contributed by atoms with van der Waals surface area (Å²) in [6.45, 7) is 1.95. The van der Waals surface area contributed by atoms with Crippen LogP contribution >= 0.6 is 23.5 Å². The standard InChI is InChI=1S/C18H25NO6S.C15H19NO6S/c1-2-5-15(16(20)19-25)26-9-4-8-14(18(23)24)11-12-6-3-7-13(10-12)17(21)22;17-13(16-22)9-23-6-2-5-12(15(20)21)8-10-3-1-4-11(7-10)14(18)19/h3,6-7,10,14-15,25H,2,4-5,8-9,11H2,1H3,(H,19,20)(H,21,22)(H,23,24);1,3-4,7,12,22H,2,5-6,8-9H2,(H,16,17)(H,18,19)(H,20,21). The number of hydrogen-bond acceptors (Lipinski definition) is 10. The van der Waals surface area contributed by atoms with Crippen molar-refractivity contribution in [3.63, 3.8) is 0 Å². The number of rotatable bonds is 22. The van der Waals surface area contributed by atoms with E-state index in [4.69, 9.17) is 20.6 Å². The molecule has 3 atom stereocenters. The summed E-state index contributed by atoms with van der Waals surface area (Å²) < 4.78 is 0. The minimum Gasteiger partial charge on any atom is -0.481 e. The lowest BCUT2D eigenvalue weighted by molar-refractivity contribution is -0.142. The lowest BCUT2D eigenvalue weighted by atomic mass is 9.94. The second-order valence-corrected chi connectivity index (χ2v) is 13.4. The molecule has 2 amide bonds. The Morgan fingerprint density at radius 1 is 0.694 bits per heavy atom. The number of carboxylic acids is 4. The van der Waals surface area contributed by atoms with Crippen molar-refractivity contribution in [1.82, 2.24) is 11.0 Å². The molecule has 0 fully saturated rings. The molecule has 0 aliphatic rings. The van der Waals surface area contributed by atoms with Crippen LogP contribution in [0.25, 0.3) is 0 Å². The largest absolute Gasteiger partial charge is 0.481 e. The van der Waals surface area contributed by atoms with Crippen LogP contribution < -0.4 is 11.0 Å². The van der Waals surface area contributed by atoms with Gasteiger partial charge in [-0.15, -0.1) is 11.8 Å². The lowest BCUT2D eigenvalue weighted by Gasteiger charge is -2.15. The third-order valence-corrected chi connectivity index (χ3v) is 9.60. The second-order valence-electron chi connectivity index (χ2n) is 11.0. The van der Waals surface area contributed by atoms with Gasteiger partial charge in [0, 0.05) is 0 Å². The smallest absolute Gasteiger partial charge is 0.335 e. The zero-order chi connectivity index (χ0) is 36.8. The van der Waals surface area contributed by atoms with Gasteiger partial charge in [0.15, 0.2) is 0 Å². The van der Waals surface area contributed by atoms with Gasteiger partial charge in [0.2, 0.25) is 0 Å². The summed E-state index contributed by atoms with van der Waals surface area (Å²) in [4.78, 5) is 67.1. The van der Waals surface area contributed by atoms with Crippen LogP contribution in [0.3, 0.4) is 0 Å². The molecule has 0 saturated carbocycles. The Hall–Kier alpha value is -4.12. The van der Waals surface area contributed by atoms with Crippen LogP contribution in [-0.2, 0) is 32.0 Å². The first-order valence-electron chi connectivity index (χ1n) is 15.5. The van der Waals surface area contributed by atoms with Crippen molar-refractivity contribution in [3.8, 4) is 0 Å². The Labute approximate surface area is 292 Å². The highest BCUT2D eigenvalue weighted by Gasteiger charge is 2.21. The van der Waals surface area contributed by atoms with Crippen LogP contribution in [-0.4, -0.2) is 89.0 Å². The zero-order valence-corrected chi connectivity index (χ0v) is 28.7. The summed E-state index contributed by atoms with van der Waals surface area (Å²) in [5, 5.41) is 53.4. The molecule has 0 aliphatic heterocycles. The zero-order valence-electron chi connectivity index (χ0n) is 27.1. The summed E-state index contributed by atoms with van der Waals surface area (Å²) in [6.07, 6.45) is 4.05. The van der Waals surface area contributed by atoms with E-state index >= 15 is 0 Å². The van der Waals surface area contributed by atoms with Crippen LogP contribution in [0.4, 0.5) is 0 Å². The number of carbonyl (C=O) groups is 6.